The standard InChI is InChI=1S/C26H35N3O2/c1-2-8-19-15-18(16-20-13-14-27-24(19)20)17-23-25(30)29(22-11-4-3-5-12-22)26(31-23)28-21-9-6-7-10-21/h15-17,21-22,30H,2-14H2,1H3. The monoisotopic (exact) mass is 421 g/mol. The van der Waals surface area contributed by atoms with Crippen LogP contribution in [0.2, 0.25) is 0 Å². The van der Waals surface area contributed by atoms with E-state index in [4.69, 9.17) is 14.4 Å². The van der Waals surface area contributed by atoms with E-state index in [-0.39, 0.29) is 11.9 Å². The second-order valence-electron chi connectivity index (χ2n) is 9.52. The van der Waals surface area contributed by atoms with Crippen LogP contribution < -0.4 is 16.3 Å². The summed E-state index contributed by atoms with van der Waals surface area (Å²) in [6, 6.07) is 5.05. The largest absolute Gasteiger partial charge is 0.492 e. The zero-order chi connectivity index (χ0) is 21.2. The maximum Gasteiger partial charge on any atom is 0.300 e. The average molecular weight is 422 g/mol. The fraction of sp³-hybridized carbons (Fsp3) is 0.615. The minimum atomic E-state index is 0.242. The van der Waals surface area contributed by atoms with E-state index in [2.05, 4.69) is 19.1 Å². The van der Waals surface area contributed by atoms with Crippen molar-refractivity contribution in [3.63, 3.8) is 0 Å². The summed E-state index contributed by atoms with van der Waals surface area (Å²) in [7, 11) is 0. The highest BCUT2D eigenvalue weighted by Crippen LogP contribution is 2.32. The van der Waals surface area contributed by atoms with Crippen LogP contribution in [-0.2, 0) is 12.8 Å². The minimum absolute atomic E-state index is 0.242. The van der Waals surface area contributed by atoms with Crippen LogP contribution in [0.4, 0.5) is 0 Å². The van der Waals surface area contributed by atoms with Crippen LogP contribution in [0.3, 0.4) is 0 Å². The molecule has 5 rings (SSSR count). The van der Waals surface area contributed by atoms with Gasteiger partial charge >= 0.3 is 5.68 Å². The first-order valence-corrected chi connectivity index (χ1v) is 12.4. The van der Waals surface area contributed by atoms with Crippen molar-refractivity contribution >= 4 is 6.08 Å². The van der Waals surface area contributed by atoms with Crippen molar-refractivity contribution in [3.8, 4) is 5.88 Å². The summed E-state index contributed by atoms with van der Waals surface area (Å²) in [5, 5.41) is 13.5. The van der Waals surface area contributed by atoms with E-state index in [1.165, 1.54) is 48.6 Å². The molecule has 31 heavy (non-hydrogen) atoms. The topological polar surface area (TPSA) is 63.0 Å². The van der Waals surface area contributed by atoms with Gasteiger partial charge in [0.25, 0.3) is 0 Å². The lowest BCUT2D eigenvalue weighted by Crippen LogP contribution is -2.25. The van der Waals surface area contributed by atoms with Crippen molar-refractivity contribution in [3.05, 3.63) is 45.3 Å². The number of hydrogen-bond donors (Lipinski definition) is 1. The molecule has 2 heterocycles. The van der Waals surface area contributed by atoms with Crippen LogP contribution in [0.5, 0.6) is 5.88 Å². The molecule has 3 aliphatic rings. The molecule has 0 spiro atoms. The molecule has 0 unspecified atom stereocenters. The molecule has 0 radical (unpaired) electrons. The molecular formula is C26H35N3O2. The first-order valence-electron chi connectivity index (χ1n) is 12.4. The van der Waals surface area contributed by atoms with Gasteiger partial charge in [-0.3, -0.25) is 9.56 Å². The van der Waals surface area contributed by atoms with Gasteiger partial charge in [-0.25, -0.2) is 4.99 Å². The fourth-order valence-electron chi connectivity index (χ4n) is 5.61. The van der Waals surface area contributed by atoms with Gasteiger partial charge < -0.3 is 9.52 Å². The second kappa shape index (κ2) is 9.05. The predicted molar refractivity (Wildman–Crippen MR) is 122 cm³/mol. The molecule has 5 nitrogen and oxygen atoms in total. The Kier molecular flexibility index (Phi) is 6.02. The number of aryl methyl sites for hydroxylation is 1. The highest BCUT2D eigenvalue weighted by atomic mass is 16.4. The molecule has 166 valence electrons. The Balaban J connectivity index is 1.61. The zero-order valence-electron chi connectivity index (χ0n) is 18.8. The molecule has 5 heteroatoms. The van der Waals surface area contributed by atoms with Crippen LogP contribution in [0, 0.1) is 0 Å². The molecule has 2 aliphatic carbocycles. The summed E-state index contributed by atoms with van der Waals surface area (Å²) >= 11 is 0. The highest BCUT2D eigenvalue weighted by molar-refractivity contribution is 5.49. The lowest BCUT2D eigenvalue weighted by molar-refractivity contribution is 0.294. The molecule has 0 atom stereocenters. The molecule has 0 saturated heterocycles. The summed E-state index contributed by atoms with van der Waals surface area (Å²) < 4.78 is 8.25. The van der Waals surface area contributed by atoms with Gasteiger partial charge in [-0.2, -0.15) is 0 Å². The van der Waals surface area contributed by atoms with E-state index in [1.54, 1.807) is 0 Å². The van der Waals surface area contributed by atoms with E-state index in [0.717, 1.165) is 56.7 Å². The summed E-state index contributed by atoms with van der Waals surface area (Å²) in [5.41, 5.74) is 3.25. The van der Waals surface area contributed by atoms with Crippen molar-refractivity contribution in [2.75, 3.05) is 6.54 Å². The number of hydrogen-bond acceptors (Lipinski definition) is 4. The Labute approximate surface area is 184 Å². The summed E-state index contributed by atoms with van der Waals surface area (Å²) in [6.45, 7) is 3.09. The molecular weight excluding hydrogens is 386 g/mol. The summed E-state index contributed by atoms with van der Waals surface area (Å²) in [5.74, 6) is 0.783. The average Bonchev–Trinajstić information content (AvgIpc) is 3.51. The molecule has 1 aromatic heterocycles. The van der Waals surface area contributed by atoms with Gasteiger partial charge in [0.05, 0.1) is 11.4 Å². The number of fused-ring (bicyclic) bond motifs is 1. The van der Waals surface area contributed by atoms with Gasteiger partial charge in [-0.1, -0.05) is 45.4 Å². The number of nitrogens with zero attached hydrogens (tertiary/aromatic N) is 3. The molecule has 1 N–H and O–H groups in total. The number of aromatic hydroxyl groups is 1. The van der Waals surface area contributed by atoms with E-state index < -0.39 is 0 Å². The Morgan fingerprint density at radius 3 is 2.68 bits per heavy atom. The molecule has 2 saturated carbocycles. The lowest BCUT2D eigenvalue weighted by atomic mass is 9.95. The first kappa shape index (κ1) is 20.6. The SMILES string of the molecule is CCCc1cc(=Cc2oc(=NC3CCCC3)n(C3CCCCC3)c2O)cc2c1=NCC2. The zero-order valence-corrected chi connectivity index (χ0v) is 18.8. The van der Waals surface area contributed by atoms with Crippen LogP contribution in [0.1, 0.15) is 94.1 Å². The van der Waals surface area contributed by atoms with Crippen molar-refractivity contribution in [1.29, 1.82) is 0 Å². The maximum absolute atomic E-state index is 11.2. The minimum Gasteiger partial charge on any atom is -0.492 e. The van der Waals surface area contributed by atoms with Gasteiger partial charge in [0.2, 0.25) is 5.88 Å². The third-order valence-electron chi connectivity index (χ3n) is 7.17. The Bertz CT molecular complexity index is 1110. The third kappa shape index (κ3) is 4.24. The van der Waals surface area contributed by atoms with E-state index >= 15 is 0 Å². The van der Waals surface area contributed by atoms with E-state index in [1.807, 2.05) is 10.6 Å². The van der Waals surface area contributed by atoms with Crippen LogP contribution in [0.25, 0.3) is 6.08 Å². The van der Waals surface area contributed by atoms with E-state index in [0.29, 0.717) is 17.5 Å². The Morgan fingerprint density at radius 1 is 1.13 bits per heavy atom. The maximum atomic E-state index is 11.2. The van der Waals surface area contributed by atoms with Crippen LogP contribution in [0.15, 0.2) is 26.5 Å². The molecule has 1 aromatic carbocycles. The summed E-state index contributed by atoms with van der Waals surface area (Å²) in [4.78, 5) is 9.68. The van der Waals surface area contributed by atoms with Crippen molar-refractivity contribution in [2.24, 2.45) is 9.98 Å². The van der Waals surface area contributed by atoms with Crippen molar-refractivity contribution in [1.82, 2.24) is 4.57 Å². The highest BCUT2D eigenvalue weighted by Gasteiger charge is 2.24. The number of rotatable bonds is 5. The molecule has 0 amide bonds. The number of benzene rings is 1. The molecule has 2 aromatic rings. The summed E-state index contributed by atoms with van der Waals surface area (Å²) in [6.07, 6.45) is 15.7. The number of aromatic nitrogens is 1. The lowest BCUT2D eigenvalue weighted by Gasteiger charge is -2.22. The third-order valence-corrected chi connectivity index (χ3v) is 7.17. The van der Waals surface area contributed by atoms with Crippen LogP contribution >= 0.6 is 0 Å². The van der Waals surface area contributed by atoms with Crippen LogP contribution in [-0.4, -0.2) is 22.3 Å². The number of oxazole rings is 1. The van der Waals surface area contributed by atoms with Crippen molar-refractivity contribution in [2.45, 2.75) is 96.1 Å². The second-order valence-corrected chi connectivity index (χ2v) is 9.52. The Hall–Kier alpha value is -2.30. The Morgan fingerprint density at radius 2 is 1.90 bits per heavy atom. The normalized spacial score (nSPS) is 21.1. The smallest absolute Gasteiger partial charge is 0.300 e. The fourth-order valence-corrected chi connectivity index (χ4v) is 5.61. The van der Waals surface area contributed by atoms with Gasteiger partial charge in [0, 0.05) is 12.6 Å². The van der Waals surface area contributed by atoms with E-state index in [9.17, 15) is 5.11 Å². The van der Waals surface area contributed by atoms with Gasteiger partial charge in [0.15, 0.2) is 5.76 Å². The van der Waals surface area contributed by atoms with Gasteiger partial charge in [-0.05, 0) is 73.1 Å². The van der Waals surface area contributed by atoms with Crippen molar-refractivity contribution < 1.29 is 9.52 Å². The predicted octanol–water partition coefficient (Wildman–Crippen LogP) is 4.09. The molecule has 2 fully saturated rings. The molecule has 1 aliphatic heterocycles. The molecule has 0 bridgehead atoms. The van der Waals surface area contributed by atoms with Gasteiger partial charge in [0.1, 0.15) is 0 Å². The first-order chi connectivity index (χ1) is 15.2. The quantitative estimate of drug-likeness (QED) is 0.790. The van der Waals surface area contributed by atoms with Gasteiger partial charge in [-0.15, -0.1) is 0 Å².